The standard InChI is InChI=1S/C21H36O6.2CH2N2/c1-20(2,14-18(24)25)12-6-10-16(22)8-5-9-17(23)11-7-13-21(3,4)15-19(26)27;2*2-1-3/h5-15H2,1-4H3,(H,24,25)(H,26,27);2*2H2. The summed E-state index contributed by atoms with van der Waals surface area (Å²) in [5.74, 6) is -1.40. The average Bonchev–Trinajstić information content (AvgIpc) is 2.60. The number of hydrogen-bond donors (Lipinski definition) is 4. The number of hydrogen-bond acceptors (Lipinski definition) is 8. The van der Waals surface area contributed by atoms with Crippen LogP contribution in [0.25, 0.3) is 0 Å². The van der Waals surface area contributed by atoms with Crippen LogP contribution < -0.4 is 11.5 Å². The minimum absolute atomic E-state index is 0.0962. The number of rotatable bonds is 16. The number of carbonyl (C=O) groups is 4. The van der Waals surface area contributed by atoms with Gasteiger partial charge in [-0.3, -0.25) is 19.2 Å². The summed E-state index contributed by atoms with van der Waals surface area (Å²) < 4.78 is 0. The molecular weight excluding hydrogens is 428 g/mol. The predicted octanol–water partition coefficient (Wildman–Crippen LogP) is 3.49. The zero-order valence-corrected chi connectivity index (χ0v) is 20.4. The lowest BCUT2D eigenvalue weighted by atomic mass is 9.83. The Morgan fingerprint density at radius 1 is 0.667 bits per heavy atom. The lowest BCUT2D eigenvalue weighted by Gasteiger charge is -2.21. The topological polar surface area (TPSA) is 208 Å². The highest BCUT2D eigenvalue weighted by Gasteiger charge is 2.22. The Hall–Kier alpha value is -3.14. The molecule has 0 fully saturated rings. The van der Waals surface area contributed by atoms with Gasteiger partial charge in [0.05, 0.1) is 12.8 Å². The van der Waals surface area contributed by atoms with Crippen LogP contribution in [0.15, 0.2) is 0 Å². The number of carboxylic acids is 2. The molecule has 0 radical (unpaired) electrons. The number of Topliss-reactive ketones (excluding diaryl/α,β-unsaturated/α-hetero) is 2. The molecule has 0 saturated heterocycles. The quantitative estimate of drug-likeness (QED) is 0.191. The van der Waals surface area contributed by atoms with Crippen molar-refractivity contribution in [2.45, 2.75) is 98.3 Å². The number of nitriles is 2. The Morgan fingerprint density at radius 3 is 1.15 bits per heavy atom. The first-order valence-electron chi connectivity index (χ1n) is 10.8. The van der Waals surface area contributed by atoms with Gasteiger partial charge in [0, 0.05) is 25.7 Å². The van der Waals surface area contributed by atoms with E-state index in [1.165, 1.54) is 12.4 Å². The van der Waals surface area contributed by atoms with Gasteiger partial charge in [0.2, 0.25) is 0 Å². The first kappa shape index (κ1) is 34.5. The molecule has 0 bridgehead atoms. The normalized spacial score (nSPS) is 10.2. The third kappa shape index (κ3) is 28.9. The van der Waals surface area contributed by atoms with Crippen LogP contribution in [-0.4, -0.2) is 33.7 Å². The van der Waals surface area contributed by atoms with Gasteiger partial charge >= 0.3 is 11.9 Å². The average molecular weight is 469 g/mol. The molecule has 10 nitrogen and oxygen atoms in total. The van der Waals surface area contributed by atoms with Crippen molar-refractivity contribution in [2.75, 3.05) is 0 Å². The van der Waals surface area contributed by atoms with Crippen LogP contribution in [0.4, 0.5) is 0 Å². The van der Waals surface area contributed by atoms with E-state index in [-0.39, 0.29) is 35.2 Å². The van der Waals surface area contributed by atoms with E-state index in [1.807, 2.05) is 27.7 Å². The molecule has 188 valence electrons. The van der Waals surface area contributed by atoms with Crippen molar-refractivity contribution in [3.05, 3.63) is 0 Å². The maximum Gasteiger partial charge on any atom is 0.303 e. The number of nitrogens with two attached hydrogens (primary N) is 2. The molecule has 0 spiro atoms. The fraction of sp³-hybridized carbons (Fsp3) is 0.739. The summed E-state index contributed by atoms with van der Waals surface area (Å²) in [6.07, 6.45) is 7.60. The molecule has 0 atom stereocenters. The van der Waals surface area contributed by atoms with E-state index in [4.69, 9.17) is 20.7 Å². The van der Waals surface area contributed by atoms with E-state index in [1.54, 1.807) is 0 Å². The molecular formula is C23H40N4O6. The van der Waals surface area contributed by atoms with Gasteiger partial charge in [0.15, 0.2) is 12.4 Å². The lowest BCUT2D eigenvalue weighted by molar-refractivity contribution is -0.140. The van der Waals surface area contributed by atoms with E-state index in [2.05, 4.69) is 11.5 Å². The fourth-order valence-electron chi connectivity index (χ4n) is 3.26. The molecule has 0 amide bonds. The Morgan fingerprint density at radius 2 is 0.909 bits per heavy atom. The predicted molar refractivity (Wildman–Crippen MR) is 123 cm³/mol. The highest BCUT2D eigenvalue weighted by Crippen LogP contribution is 2.28. The summed E-state index contributed by atoms with van der Waals surface area (Å²) in [6.45, 7) is 7.56. The van der Waals surface area contributed by atoms with Gasteiger partial charge in [-0.05, 0) is 42.9 Å². The summed E-state index contributed by atoms with van der Waals surface area (Å²) in [5.41, 5.74) is 7.69. The minimum atomic E-state index is -0.823. The SMILES string of the molecule is CC(C)(CCCC(=O)CCCC(=O)CCCC(C)(C)CC(=O)O)CC(=O)O.N#CN.N#CN. The third-order valence-electron chi connectivity index (χ3n) is 4.79. The Bertz CT molecular complexity index is 632. The molecule has 0 aliphatic carbocycles. The molecule has 0 aromatic rings. The zero-order valence-electron chi connectivity index (χ0n) is 20.4. The summed E-state index contributed by atoms with van der Waals surface area (Å²) in [7, 11) is 0. The lowest BCUT2D eigenvalue weighted by Crippen LogP contribution is -2.17. The Kier molecular flexibility index (Phi) is 20.4. The van der Waals surface area contributed by atoms with Gasteiger partial charge in [-0.2, -0.15) is 10.5 Å². The Balaban J connectivity index is -0.00000134. The summed E-state index contributed by atoms with van der Waals surface area (Å²) >= 11 is 0. The van der Waals surface area contributed by atoms with Gasteiger partial charge in [0.25, 0.3) is 0 Å². The van der Waals surface area contributed by atoms with Crippen molar-refractivity contribution < 1.29 is 29.4 Å². The van der Waals surface area contributed by atoms with Crippen LogP contribution in [0.3, 0.4) is 0 Å². The van der Waals surface area contributed by atoms with Gasteiger partial charge in [0.1, 0.15) is 11.6 Å². The summed E-state index contributed by atoms with van der Waals surface area (Å²) in [6, 6.07) is 0. The van der Waals surface area contributed by atoms with Crippen LogP contribution in [0.2, 0.25) is 0 Å². The number of nitrogens with zero attached hydrogens (tertiary/aromatic N) is 2. The van der Waals surface area contributed by atoms with Crippen molar-refractivity contribution in [3.8, 4) is 12.4 Å². The van der Waals surface area contributed by atoms with Crippen LogP contribution in [-0.2, 0) is 19.2 Å². The molecule has 0 aliphatic heterocycles. The Labute approximate surface area is 196 Å². The molecule has 33 heavy (non-hydrogen) atoms. The summed E-state index contributed by atoms with van der Waals surface area (Å²) in [5, 5.41) is 31.9. The third-order valence-corrected chi connectivity index (χ3v) is 4.79. The van der Waals surface area contributed by atoms with Crippen LogP contribution in [0.5, 0.6) is 0 Å². The number of ketones is 2. The molecule has 0 saturated carbocycles. The van der Waals surface area contributed by atoms with Gasteiger partial charge in [-0.1, -0.05) is 27.7 Å². The molecule has 10 heteroatoms. The van der Waals surface area contributed by atoms with Crippen molar-refractivity contribution in [1.29, 1.82) is 10.5 Å². The molecule has 0 aromatic carbocycles. The van der Waals surface area contributed by atoms with Crippen molar-refractivity contribution in [2.24, 2.45) is 22.3 Å². The van der Waals surface area contributed by atoms with E-state index >= 15 is 0 Å². The first-order chi connectivity index (χ1) is 15.2. The van der Waals surface area contributed by atoms with E-state index in [0.717, 1.165) is 0 Å². The molecule has 0 aromatic heterocycles. The van der Waals surface area contributed by atoms with Crippen LogP contribution in [0.1, 0.15) is 98.3 Å². The monoisotopic (exact) mass is 468 g/mol. The second-order valence-electron chi connectivity index (χ2n) is 9.37. The minimum Gasteiger partial charge on any atom is -0.481 e. The largest absolute Gasteiger partial charge is 0.481 e. The molecule has 0 rings (SSSR count). The van der Waals surface area contributed by atoms with Crippen molar-refractivity contribution in [1.82, 2.24) is 0 Å². The number of carboxylic acid groups (broad SMARTS) is 2. The second kappa shape index (κ2) is 19.5. The summed E-state index contributed by atoms with van der Waals surface area (Å²) in [4.78, 5) is 45.3. The van der Waals surface area contributed by atoms with Crippen LogP contribution in [0, 0.1) is 33.7 Å². The maximum atomic E-state index is 11.9. The van der Waals surface area contributed by atoms with Gasteiger partial charge in [-0.15, -0.1) is 0 Å². The zero-order chi connectivity index (χ0) is 26.5. The van der Waals surface area contributed by atoms with E-state index < -0.39 is 11.9 Å². The highest BCUT2D eigenvalue weighted by atomic mass is 16.4. The van der Waals surface area contributed by atoms with Gasteiger partial charge < -0.3 is 21.7 Å². The molecule has 6 N–H and O–H groups in total. The fourth-order valence-corrected chi connectivity index (χ4v) is 3.26. The van der Waals surface area contributed by atoms with Gasteiger partial charge in [-0.25, -0.2) is 0 Å². The number of aliphatic carboxylic acids is 2. The van der Waals surface area contributed by atoms with Crippen LogP contribution >= 0.6 is 0 Å². The van der Waals surface area contributed by atoms with Crippen molar-refractivity contribution >= 4 is 23.5 Å². The highest BCUT2D eigenvalue weighted by molar-refractivity contribution is 5.81. The maximum absolute atomic E-state index is 11.9. The molecule has 0 unspecified atom stereocenters. The smallest absolute Gasteiger partial charge is 0.303 e. The molecule has 0 heterocycles. The van der Waals surface area contributed by atoms with E-state index in [0.29, 0.717) is 57.8 Å². The number of carbonyl (C=O) groups excluding carboxylic acids is 2. The molecule has 0 aliphatic rings. The van der Waals surface area contributed by atoms with Crippen molar-refractivity contribution in [3.63, 3.8) is 0 Å². The van der Waals surface area contributed by atoms with E-state index in [9.17, 15) is 19.2 Å². The first-order valence-corrected chi connectivity index (χ1v) is 10.8. The second-order valence-corrected chi connectivity index (χ2v) is 9.37.